The molecular formula is C15H27NO2. The molecule has 104 valence electrons. The van der Waals surface area contributed by atoms with Crippen LogP contribution in [0.15, 0.2) is 0 Å². The molecule has 0 spiro atoms. The molecule has 0 saturated heterocycles. The number of hydrogen-bond acceptors (Lipinski definition) is 3. The van der Waals surface area contributed by atoms with Gasteiger partial charge in [0, 0.05) is 0 Å². The van der Waals surface area contributed by atoms with Gasteiger partial charge in [0.15, 0.2) is 0 Å². The molecule has 0 aromatic carbocycles. The van der Waals surface area contributed by atoms with Gasteiger partial charge < -0.3 is 10.1 Å². The molecule has 18 heavy (non-hydrogen) atoms. The SMILES string of the molecule is COC(=O)C1(NCC2CC2)CCC(C(C)C)CC1. The van der Waals surface area contributed by atoms with E-state index in [0.29, 0.717) is 0 Å². The van der Waals surface area contributed by atoms with Crippen LogP contribution >= 0.6 is 0 Å². The number of carbonyl (C=O) groups excluding carboxylic acids is 1. The summed E-state index contributed by atoms with van der Waals surface area (Å²) in [6.45, 7) is 5.56. The van der Waals surface area contributed by atoms with Crippen molar-refractivity contribution in [3.63, 3.8) is 0 Å². The van der Waals surface area contributed by atoms with Crippen molar-refractivity contribution >= 4 is 5.97 Å². The largest absolute Gasteiger partial charge is 0.468 e. The van der Waals surface area contributed by atoms with Crippen molar-refractivity contribution in [3.8, 4) is 0 Å². The molecule has 0 heterocycles. The van der Waals surface area contributed by atoms with Gasteiger partial charge in [-0.15, -0.1) is 0 Å². The van der Waals surface area contributed by atoms with Gasteiger partial charge in [-0.2, -0.15) is 0 Å². The lowest BCUT2D eigenvalue weighted by molar-refractivity contribution is -0.150. The van der Waals surface area contributed by atoms with Gasteiger partial charge in [-0.05, 0) is 62.8 Å². The van der Waals surface area contributed by atoms with Crippen molar-refractivity contribution in [2.45, 2.75) is 57.9 Å². The summed E-state index contributed by atoms with van der Waals surface area (Å²) in [4.78, 5) is 12.1. The molecule has 0 aromatic rings. The van der Waals surface area contributed by atoms with Gasteiger partial charge in [0.1, 0.15) is 5.54 Å². The maximum Gasteiger partial charge on any atom is 0.326 e. The van der Waals surface area contributed by atoms with Gasteiger partial charge >= 0.3 is 5.97 Å². The van der Waals surface area contributed by atoms with Gasteiger partial charge in [-0.3, -0.25) is 4.79 Å². The first-order chi connectivity index (χ1) is 8.57. The standard InChI is InChI=1S/C15H27NO2/c1-11(2)13-6-8-15(9-7-13,14(17)18-3)16-10-12-4-5-12/h11-13,16H,4-10H2,1-3H3. The Morgan fingerprint density at radius 3 is 2.33 bits per heavy atom. The molecule has 1 N–H and O–H groups in total. The molecule has 2 saturated carbocycles. The molecule has 2 fully saturated rings. The van der Waals surface area contributed by atoms with Crippen LogP contribution in [0.5, 0.6) is 0 Å². The zero-order valence-corrected chi connectivity index (χ0v) is 12.0. The van der Waals surface area contributed by atoms with Crippen LogP contribution in [0, 0.1) is 17.8 Å². The van der Waals surface area contributed by atoms with Crippen LogP contribution in [0.25, 0.3) is 0 Å². The molecule has 0 bridgehead atoms. The monoisotopic (exact) mass is 253 g/mol. The molecule has 0 atom stereocenters. The number of esters is 1. The highest BCUT2D eigenvalue weighted by Gasteiger charge is 2.43. The summed E-state index contributed by atoms with van der Waals surface area (Å²) in [7, 11) is 1.51. The first-order valence-electron chi connectivity index (χ1n) is 7.41. The highest BCUT2D eigenvalue weighted by Crippen LogP contribution is 2.37. The molecule has 0 aliphatic heterocycles. The molecule has 0 unspecified atom stereocenters. The highest BCUT2D eigenvalue weighted by atomic mass is 16.5. The van der Waals surface area contributed by atoms with E-state index >= 15 is 0 Å². The van der Waals surface area contributed by atoms with Crippen LogP contribution in [-0.4, -0.2) is 25.2 Å². The van der Waals surface area contributed by atoms with Gasteiger partial charge in [-0.25, -0.2) is 0 Å². The Morgan fingerprint density at radius 1 is 1.28 bits per heavy atom. The lowest BCUT2D eigenvalue weighted by atomic mass is 9.72. The second-order valence-electron chi connectivity index (χ2n) is 6.48. The third-order valence-corrected chi connectivity index (χ3v) is 4.83. The fraction of sp³-hybridized carbons (Fsp3) is 0.933. The quantitative estimate of drug-likeness (QED) is 0.766. The van der Waals surface area contributed by atoms with Crippen LogP contribution in [0.1, 0.15) is 52.4 Å². The van der Waals surface area contributed by atoms with Crippen LogP contribution in [0.3, 0.4) is 0 Å². The van der Waals surface area contributed by atoms with Gasteiger partial charge in [0.2, 0.25) is 0 Å². The summed E-state index contributed by atoms with van der Waals surface area (Å²) in [5.74, 6) is 2.24. The van der Waals surface area contributed by atoms with Gasteiger partial charge in [0.25, 0.3) is 0 Å². The molecule has 3 heteroatoms. The Kier molecular flexibility index (Phi) is 4.31. The molecular weight excluding hydrogens is 226 g/mol. The van der Waals surface area contributed by atoms with Crippen LogP contribution in [0.4, 0.5) is 0 Å². The Balaban J connectivity index is 1.95. The zero-order chi connectivity index (χ0) is 13.2. The van der Waals surface area contributed by atoms with E-state index in [-0.39, 0.29) is 11.5 Å². The summed E-state index contributed by atoms with van der Waals surface area (Å²) >= 11 is 0. The molecule has 0 amide bonds. The maximum absolute atomic E-state index is 12.1. The fourth-order valence-corrected chi connectivity index (χ4v) is 3.11. The minimum absolute atomic E-state index is 0.0506. The summed E-state index contributed by atoms with van der Waals surface area (Å²) in [5, 5.41) is 3.53. The second kappa shape index (κ2) is 5.60. The third-order valence-electron chi connectivity index (χ3n) is 4.83. The number of methoxy groups -OCH3 is 1. The predicted octanol–water partition coefficient (Wildman–Crippen LogP) is 2.74. The van der Waals surface area contributed by atoms with Crippen molar-refractivity contribution in [1.82, 2.24) is 5.32 Å². The normalized spacial score (nSPS) is 32.6. The van der Waals surface area contributed by atoms with Crippen LogP contribution in [0.2, 0.25) is 0 Å². The molecule has 3 nitrogen and oxygen atoms in total. The number of hydrogen-bond donors (Lipinski definition) is 1. The van der Waals surface area contributed by atoms with Crippen LogP contribution < -0.4 is 5.32 Å². The minimum Gasteiger partial charge on any atom is -0.468 e. The molecule has 0 radical (unpaired) electrons. The van der Waals surface area contributed by atoms with Crippen molar-refractivity contribution in [3.05, 3.63) is 0 Å². The molecule has 0 aromatic heterocycles. The number of ether oxygens (including phenoxy) is 1. The number of carbonyl (C=O) groups is 1. The number of nitrogens with one attached hydrogen (secondary N) is 1. The summed E-state index contributed by atoms with van der Waals surface area (Å²) in [5.41, 5.74) is -0.386. The first kappa shape index (κ1) is 13.9. The molecule has 2 rings (SSSR count). The van der Waals surface area contributed by atoms with E-state index in [1.54, 1.807) is 0 Å². The lowest BCUT2D eigenvalue weighted by Crippen LogP contribution is -2.55. The second-order valence-corrected chi connectivity index (χ2v) is 6.48. The van der Waals surface area contributed by atoms with E-state index in [2.05, 4.69) is 19.2 Å². The fourth-order valence-electron chi connectivity index (χ4n) is 3.11. The van der Waals surface area contributed by atoms with Crippen molar-refractivity contribution in [2.75, 3.05) is 13.7 Å². The lowest BCUT2D eigenvalue weighted by Gasteiger charge is -2.39. The van der Waals surface area contributed by atoms with E-state index in [1.807, 2.05) is 0 Å². The smallest absolute Gasteiger partial charge is 0.326 e. The third kappa shape index (κ3) is 3.05. The predicted molar refractivity (Wildman–Crippen MR) is 72.3 cm³/mol. The average Bonchev–Trinajstić information content (AvgIpc) is 3.19. The van der Waals surface area contributed by atoms with Crippen molar-refractivity contribution in [1.29, 1.82) is 0 Å². The number of rotatable bonds is 5. The van der Waals surface area contributed by atoms with E-state index in [1.165, 1.54) is 20.0 Å². The molecule has 2 aliphatic rings. The summed E-state index contributed by atoms with van der Waals surface area (Å²) in [6.07, 6.45) is 6.80. The summed E-state index contributed by atoms with van der Waals surface area (Å²) < 4.78 is 5.04. The zero-order valence-electron chi connectivity index (χ0n) is 12.0. The van der Waals surface area contributed by atoms with Gasteiger partial charge in [-0.1, -0.05) is 13.8 Å². The Hall–Kier alpha value is -0.570. The van der Waals surface area contributed by atoms with E-state index in [0.717, 1.165) is 50.0 Å². The average molecular weight is 253 g/mol. The highest BCUT2D eigenvalue weighted by molar-refractivity contribution is 5.80. The van der Waals surface area contributed by atoms with Gasteiger partial charge in [0.05, 0.1) is 7.11 Å². The Morgan fingerprint density at radius 2 is 1.89 bits per heavy atom. The van der Waals surface area contributed by atoms with E-state index in [9.17, 15) is 4.79 Å². The van der Waals surface area contributed by atoms with E-state index < -0.39 is 0 Å². The topological polar surface area (TPSA) is 38.3 Å². The summed E-state index contributed by atoms with van der Waals surface area (Å²) in [6, 6.07) is 0. The Labute approximate surface area is 111 Å². The van der Waals surface area contributed by atoms with Crippen molar-refractivity contribution in [2.24, 2.45) is 17.8 Å². The van der Waals surface area contributed by atoms with Crippen LogP contribution in [-0.2, 0) is 9.53 Å². The van der Waals surface area contributed by atoms with Crippen molar-refractivity contribution < 1.29 is 9.53 Å². The first-order valence-corrected chi connectivity index (χ1v) is 7.41. The molecule has 2 aliphatic carbocycles. The maximum atomic E-state index is 12.1. The van der Waals surface area contributed by atoms with E-state index in [4.69, 9.17) is 4.74 Å². The Bertz CT molecular complexity index is 289. The minimum atomic E-state index is -0.386.